The highest BCUT2D eigenvalue weighted by Crippen LogP contribution is 2.34. The fraction of sp³-hybridized carbons (Fsp3) is 0.211. The zero-order valence-electron chi connectivity index (χ0n) is 14.2. The van der Waals surface area contributed by atoms with Crippen molar-refractivity contribution in [3.63, 3.8) is 0 Å². The van der Waals surface area contributed by atoms with Crippen molar-refractivity contribution in [2.24, 2.45) is 0 Å². The van der Waals surface area contributed by atoms with Crippen molar-refractivity contribution in [1.82, 2.24) is 0 Å². The van der Waals surface area contributed by atoms with E-state index < -0.39 is 0 Å². The lowest BCUT2D eigenvalue weighted by atomic mass is 9.96. The van der Waals surface area contributed by atoms with E-state index in [0.29, 0.717) is 11.5 Å². The molecular weight excluding hydrogens is 304 g/mol. The van der Waals surface area contributed by atoms with Crippen molar-refractivity contribution in [2.75, 3.05) is 33.7 Å². The molecule has 0 saturated carbocycles. The van der Waals surface area contributed by atoms with E-state index in [-0.39, 0.29) is 0 Å². The molecule has 2 rings (SSSR count). The van der Waals surface area contributed by atoms with Gasteiger partial charge in [0, 0.05) is 19.2 Å². The molecule has 0 aliphatic heterocycles. The fourth-order valence-corrected chi connectivity index (χ4v) is 2.43. The van der Waals surface area contributed by atoms with E-state index in [4.69, 9.17) is 14.2 Å². The first-order chi connectivity index (χ1) is 11.7. The molecule has 0 spiro atoms. The quantitative estimate of drug-likeness (QED) is 0.821. The van der Waals surface area contributed by atoms with Crippen molar-refractivity contribution in [2.45, 2.75) is 0 Å². The summed E-state index contributed by atoms with van der Waals surface area (Å²) in [4.78, 5) is 0. The van der Waals surface area contributed by atoms with Gasteiger partial charge in [-0.3, -0.25) is 0 Å². The van der Waals surface area contributed by atoms with Gasteiger partial charge in [-0.25, -0.2) is 0 Å². The molecule has 124 valence electrons. The minimum Gasteiger partial charge on any atom is -0.497 e. The highest BCUT2D eigenvalue weighted by Gasteiger charge is 2.12. The molecule has 0 bridgehead atoms. The number of allylic oxidation sites excluding steroid dienone is 1. The third-order valence-electron chi connectivity index (χ3n) is 3.65. The van der Waals surface area contributed by atoms with Crippen molar-refractivity contribution in [1.29, 1.82) is 5.26 Å². The summed E-state index contributed by atoms with van der Waals surface area (Å²) in [6, 6.07) is 13.4. The Morgan fingerprint density at radius 2 is 1.62 bits per heavy atom. The number of hydrogen-bond donors (Lipinski definition) is 1. The summed E-state index contributed by atoms with van der Waals surface area (Å²) in [6.07, 6.45) is 1.51. The Bertz CT molecular complexity index is 769. The summed E-state index contributed by atoms with van der Waals surface area (Å²) in [5.74, 6) is 2.06. The standard InChI is InChI=1S/C19H20N2O3/c1-21-18-11-13(5-6-19(18)24-4)17(7-8-20)14-9-15(22-2)12-16(10-14)23-3/h5-7,9-12,21H,1-4H3/b17-7+. The van der Waals surface area contributed by atoms with E-state index in [1.54, 1.807) is 27.4 Å². The number of nitrogens with one attached hydrogen (secondary N) is 1. The van der Waals surface area contributed by atoms with Crippen LogP contribution in [0.15, 0.2) is 42.5 Å². The predicted octanol–water partition coefficient (Wildman–Crippen LogP) is 3.71. The number of benzene rings is 2. The number of hydrogen-bond acceptors (Lipinski definition) is 5. The van der Waals surface area contributed by atoms with E-state index in [9.17, 15) is 5.26 Å². The average molecular weight is 324 g/mol. The third kappa shape index (κ3) is 3.61. The molecule has 0 unspecified atom stereocenters. The monoisotopic (exact) mass is 324 g/mol. The van der Waals surface area contributed by atoms with Crippen LogP contribution < -0.4 is 19.5 Å². The van der Waals surface area contributed by atoms with Crippen LogP contribution >= 0.6 is 0 Å². The van der Waals surface area contributed by atoms with Crippen molar-refractivity contribution in [3.8, 4) is 23.3 Å². The van der Waals surface area contributed by atoms with Crippen molar-refractivity contribution in [3.05, 3.63) is 53.6 Å². The van der Waals surface area contributed by atoms with Crippen LogP contribution in [0.4, 0.5) is 5.69 Å². The van der Waals surface area contributed by atoms with Gasteiger partial charge in [0.1, 0.15) is 17.2 Å². The van der Waals surface area contributed by atoms with Crippen LogP contribution in [0, 0.1) is 11.3 Å². The second kappa shape index (κ2) is 7.93. The molecule has 0 aliphatic rings. The lowest BCUT2D eigenvalue weighted by Gasteiger charge is -2.14. The highest BCUT2D eigenvalue weighted by atomic mass is 16.5. The van der Waals surface area contributed by atoms with Gasteiger partial charge in [0.15, 0.2) is 0 Å². The zero-order valence-corrected chi connectivity index (χ0v) is 14.2. The van der Waals surface area contributed by atoms with Gasteiger partial charge in [0.05, 0.1) is 33.1 Å². The molecule has 0 saturated heterocycles. The molecular formula is C19H20N2O3. The summed E-state index contributed by atoms with van der Waals surface area (Å²) >= 11 is 0. The maximum Gasteiger partial charge on any atom is 0.141 e. The lowest BCUT2D eigenvalue weighted by molar-refractivity contribution is 0.394. The van der Waals surface area contributed by atoms with Crippen LogP contribution in [0.3, 0.4) is 0 Å². The van der Waals surface area contributed by atoms with E-state index in [1.165, 1.54) is 6.08 Å². The summed E-state index contributed by atoms with van der Waals surface area (Å²) < 4.78 is 16.0. The Hall–Kier alpha value is -3.13. The van der Waals surface area contributed by atoms with Gasteiger partial charge in [-0.2, -0.15) is 5.26 Å². The van der Waals surface area contributed by atoms with Crippen LogP contribution in [0.25, 0.3) is 5.57 Å². The summed E-state index contributed by atoms with van der Waals surface area (Å²) in [5, 5.41) is 12.3. The molecule has 0 amide bonds. The lowest BCUT2D eigenvalue weighted by Crippen LogP contribution is -1.97. The van der Waals surface area contributed by atoms with Gasteiger partial charge in [0.25, 0.3) is 0 Å². The molecule has 5 nitrogen and oxygen atoms in total. The maximum absolute atomic E-state index is 9.21. The Morgan fingerprint density at radius 1 is 0.958 bits per heavy atom. The molecule has 5 heteroatoms. The van der Waals surface area contributed by atoms with Gasteiger partial charge in [-0.05, 0) is 41.0 Å². The second-order valence-electron chi connectivity index (χ2n) is 4.95. The van der Waals surface area contributed by atoms with Crippen LogP contribution in [-0.2, 0) is 0 Å². The number of ether oxygens (including phenoxy) is 3. The summed E-state index contributed by atoms with van der Waals surface area (Å²) in [6.45, 7) is 0. The largest absolute Gasteiger partial charge is 0.497 e. The second-order valence-corrected chi connectivity index (χ2v) is 4.95. The van der Waals surface area contributed by atoms with E-state index in [1.807, 2.05) is 37.4 Å². The van der Waals surface area contributed by atoms with Crippen LogP contribution in [0.1, 0.15) is 11.1 Å². The molecule has 0 fully saturated rings. The van der Waals surface area contributed by atoms with E-state index >= 15 is 0 Å². The minimum atomic E-state index is 0.663. The van der Waals surface area contributed by atoms with Gasteiger partial charge in [0.2, 0.25) is 0 Å². The Kier molecular flexibility index (Phi) is 5.69. The smallest absolute Gasteiger partial charge is 0.141 e. The number of rotatable bonds is 6. The zero-order chi connectivity index (χ0) is 17.5. The molecule has 0 atom stereocenters. The van der Waals surface area contributed by atoms with Crippen molar-refractivity contribution < 1.29 is 14.2 Å². The number of anilines is 1. The Labute approximate surface area is 142 Å². The highest BCUT2D eigenvalue weighted by molar-refractivity contribution is 5.84. The molecule has 0 heterocycles. The molecule has 0 aliphatic carbocycles. The maximum atomic E-state index is 9.21. The number of nitrogens with zero attached hydrogens (tertiary/aromatic N) is 1. The molecule has 24 heavy (non-hydrogen) atoms. The first-order valence-corrected chi connectivity index (χ1v) is 7.36. The van der Waals surface area contributed by atoms with Crippen LogP contribution in [0.5, 0.6) is 17.2 Å². The topological polar surface area (TPSA) is 63.5 Å². The van der Waals surface area contributed by atoms with Gasteiger partial charge in [-0.15, -0.1) is 0 Å². The first kappa shape index (κ1) is 17.2. The first-order valence-electron chi connectivity index (χ1n) is 7.36. The van der Waals surface area contributed by atoms with Gasteiger partial charge in [-0.1, -0.05) is 6.07 Å². The third-order valence-corrected chi connectivity index (χ3v) is 3.65. The molecule has 0 radical (unpaired) electrons. The van der Waals surface area contributed by atoms with Crippen molar-refractivity contribution >= 4 is 11.3 Å². The summed E-state index contributed by atoms with van der Waals surface area (Å²) in [7, 11) is 6.64. The fourth-order valence-electron chi connectivity index (χ4n) is 2.43. The molecule has 2 aromatic carbocycles. The SMILES string of the molecule is CNc1cc(/C(=C\C#N)c2cc(OC)cc(OC)c2)ccc1OC. The normalized spacial score (nSPS) is 10.7. The summed E-state index contributed by atoms with van der Waals surface area (Å²) in [5.41, 5.74) is 3.33. The predicted molar refractivity (Wildman–Crippen MR) is 94.8 cm³/mol. The minimum absolute atomic E-state index is 0.663. The molecule has 0 aromatic heterocycles. The Morgan fingerprint density at radius 3 is 2.12 bits per heavy atom. The average Bonchev–Trinajstić information content (AvgIpc) is 2.64. The van der Waals surface area contributed by atoms with Crippen LogP contribution in [-0.4, -0.2) is 28.4 Å². The van der Waals surface area contributed by atoms with Gasteiger partial charge >= 0.3 is 0 Å². The van der Waals surface area contributed by atoms with E-state index in [2.05, 4.69) is 11.4 Å². The Balaban J connectivity index is 2.60. The van der Waals surface area contributed by atoms with Crippen LogP contribution in [0.2, 0.25) is 0 Å². The number of methoxy groups -OCH3 is 3. The van der Waals surface area contributed by atoms with E-state index in [0.717, 1.165) is 28.1 Å². The molecule has 1 N–H and O–H groups in total. The number of nitriles is 1. The molecule has 2 aromatic rings. The van der Waals surface area contributed by atoms with Gasteiger partial charge < -0.3 is 19.5 Å².